The number of nitrogens with zero attached hydrogens (tertiary/aromatic N) is 2. The molecule has 0 saturated carbocycles. The molecule has 1 N–H and O–H groups in total. The van der Waals surface area contributed by atoms with E-state index in [9.17, 15) is 9.18 Å². The summed E-state index contributed by atoms with van der Waals surface area (Å²) in [6.45, 7) is 2.84. The molecule has 1 amide bonds. The molecule has 3 rings (SSSR count). The van der Waals surface area contributed by atoms with Crippen molar-refractivity contribution in [1.82, 2.24) is 15.3 Å². The Labute approximate surface area is 151 Å². The molecule has 1 aliphatic rings. The number of carbonyl (C=O) groups is 1. The van der Waals surface area contributed by atoms with Crippen LogP contribution in [-0.2, 0) is 21.7 Å². The van der Waals surface area contributed by atoms with Crippen LogP contribution in [0.1, 0.15) is 37.6 Å². The maximum Gasteiger partial charge on any atom is 0.258 e. The fourth-order valence-corrected chi connectivity index (χ4v) is 2.79. The lowest BCUT2D eigenvalue weighted by molar-refractivity contribution is -0.123. The van der Waals surface area contributed by atoms with Crippen LogP contribution in [0.3, 0.4) is 0 Å². The van der Waals surface area contributed by atoms with Crippen LogP contribution in [0.5, 0.6) is 5.75 Å². The van der Waals surface area contributed by atoms with Crippen molar-refractivity contribution in [1.29, 1.82) is 0 Å². The van der Waals surface area contributed by atoms with Gasteiger partial charge >= 0.3 is 0 Å². The Bertz CT molecular complexity index is 746. The summed E-state index contributed by atoms with van der Waals surface area (Å²) in [7, 11) is 0. The van der Waals surface area contributed by atoms with Crippen LogP contribution in [0.4, 0.5) is 4.39 Å². The highest BCUT2D eigenvalue weighted by molar-refractivity contribution is 5.77. The maximum absolute atomic E-state index is 13.1. The molecule has 6 nitrogen and oxygen atoms in total. The van der Waals surface area contributed by atoms with Crippen molar-refractivity contribution in [3.63, 3.8) is 0 Å². The minimum absolute atomic E-state index is 0.186. The summed E-state index contributed by atoms with van der Waals surface area (Å²) < 4.78 is 24.1. The predicted molar refractivity (Wildman–Crippen MR) is 92.9 cm³/mol. The molecule has 0 spiro atoms. The van der Waals surface area contributed by atoms with E-state index in [0.29, 0.717) is 18.1 Å². The minimum atomic E-state index is -0.432. The summed E-state index contributed by atoms with van der Waals surface area (Å²) in [6, 6.07) is 5.66. The van der Waals surface area contributed by atoms with Gasteiger partial charge < -0.3 is 14.8 Å². The Kier molecular flexibility index (Phi) is 5.78. The number of rotatable bonds is 6. The number of benzene rings is 1. The van der Waals surface area contributed by atoms with Crippen molar-refractivity contribution < 1.29 is 18.7 Å². The zero-order valence-electron chi connectivity index (χ0n) is 14.7. The van der Waals surface area contributed by atoms with E-state index in [4.69, 9.17) is 9.47 Å². The van der Waals surface area contributed by atoms with Crippen LogP contribution < -0.4 is 10.1 Å². The van der Waals surface area contributed by atoms with Gasteiger partial charge in [-0.25, -0.2) is 14.4 Å². The molecule has 1 atom stereocenters. The number of hydrogen-bond donors (Lipinski definition) is 1. The van der Waals surface area contributed by atoms with Crippen molar-refractivity contribution in [3.8, 4) is 5.75 Å². The second-order valence-corrected chi connectivity index (χ2v) is 6.47. The van der Waals surface area contributed by atoms with E-state index in [1.165, 1.54) is 18.2 Å². The predicted octanol–water partition coefficient (Wildman–Crippen LogP) is 2.73. The smallest absolute Gasteiger partial charge is 0.258 e. The highest BCUT2D eigenvalue weighted by Crippen LogP contribution is 2.32. The molecule has 1 aliphatic heterocycles. The quantitative estimate of drug-likeness (QED) is 0.858. The molecular weight excluding hydrogens is 337 g/mol. The Balaban J connectivity index is 1.47. The van der Waals surface area contributed by atoms with Gasteiger partial charge in [-0.05, 0) is 38.3 Å². The zero-order valence-corrected chi connectivity index (χ0v) is 14.7. The summed E-state index contributed by atoms with van der Waals surface area (Å²) in [5, 5.41) is 2.72. The number of hydrogen-bond acceptors (Lipinski definition) is 5. The van der Waals surface area contributed by atoms with Gasteiger partial charge in [-0.15, -0.1) is 0 Å². The standard InChI is InChI=1S/C19H22FN3O3/c1-19(7-2-3-8-26-19)18-22-11-14(12-23-18)10-21-17(24)13-25-16-6-4-5-15(20)9-16/h4-6,9,11-12H,2-3,7-8,10,13H2,1H3,(H,21,24)/t19-/m0/s1. The monoisotopic (exact) mass is 359 g/mol. The van der Waals surface area contributed by atoms with Gasteiger partial charge in [0.05, 0.1) is 0 Å². The van der Waals surface area contributed by atoms with Gasteiger partial charge in [0.1, 0.15) is 17.2 Å². The van der Waals surface area contributed by atoms with Crippen LogP contribution in [0.25, 0.3) is 0 Å². The van der Waals surface area contributed by atoms with E-state index in [0.717, 1.165) is 31.4 Å². The van der Waals surface area contributed by atoms with E-state index in [-0.39, 0.29) is 12.5 Å². The van der Waals surface area contributed by atoms with E-state index in [2.05, 4.69) is 15.3 Å². The number of nitrogens with one attached hydrogen (secondary N) is 1. The Morgan fingerprint density at radius 2 is 2.15 bits per heavy atom. The van der Waals surface area contributed by atoms with Gasteiger partial charge in [0, 0.05) is 37.2 Å². The molecule has 2 aromatic rings. The van der Waals surface area contributed by atoms with Crippen molar-refractivity contribution in [2.75, 3.05) is 13.2 Å². The third kappa shape index (κ3) is 4.76. The number of amides is 1. The van der Waals surface area contributed by atoms with Crippen LogP contribution in [-0.4, -0.2) is 29.1 Å². The normalized spacial score (nSPS) is 19.8. The van der Waals surface area contributed by atoms with Crippen molar-refractivity contribution in [3.05, 3.63) is 53.9 Å². The first-order chi connectivity index (χ1) is 12.5. The number of halogens is 1. The molecule has 0 bridgehead atoms. The summed E-state index contributed by atoms with van der Waals surface area (Å²) in [6.07, 6.45) is 6.46. The van der Waals surface area contributed by atoms with E-state index < -0.39 is 11.4 Å². The first kappa shape index (κ1) is 18.3. The van der Waals surface area contributed by atoms with E-state index in [1.807, 2.05) is 6.92 Å². The summed E-state index contributed by atoms with van der Waals surface area (Å²) >= 11 is 0. The van der Waals surface area contributed by atoms with Crippen molar-refractivity contribution in [2.24, 2.45) is 0 Å². The molecule has 26 heavy (non-hydrogen) atoms. The Morgan fingerprint density at radius 1 is 1.35 bits per heavy atom. The molecule has 7 heteroatoms. The maximum atomic E-state index is 13.1. The minimum Gasteiger partial charge on any atom is -0.484 e. The highest BCUT2D eigenvalue weighted by Gasteiger charge is 2.32. The molecule has 0 radical (unpaired) electrons. The molecular formula is C19H22FN3O3. The molecule has 1 fully saturated rings. The lowest BCUT2D eigenvalue weighted by Gasteiger charge is -2.32. The lowest BCUT2D eigenvalue weighted by atomic mass is 9.95. The van der Waals surface area contributed by atoms with Gasteiger partial charge in [-0.2, -0.15) is 0 Å². The van der Waals surface area contributed by atoms with Crippen LogP contribution >= 0.6 is 0 Å². The fraction of sp³-hybridized carbons (Fsp3) is 0.421. The van der Waals surface area contributed by atoms with Crippen molar-refractivity contribution in [2.45, 2.75) is 38.3 Å². The first-order valence-electron chi connectivity index (χ1n) is 8.66. The van der Waals surface area contributed by atoms with Gasteiger partial charge in [-0.1, -0.05) is 6.07 Å². The average molecular weight is 359 g/mol. The molecule has 0 unspecified atom stereocenters. The van der Waals surface area contributed by atoms with Gasteiger partial charge in [0.25, 0.3) is 5.91 Å². The molecule has 2 heterocycles. The second-order valence-electron chi connectivity index (χ2n) is 6.47. The number of carbonyl (C=O) groups excluding carboxylic acids is 1. The number of aromatic nitrogens is 2. The van der Waals surface area contributed by atoms with Gasteiger partial charge in [-0.3, -0.25) is 4.79 Å². The SMILES string of the molecule is C[C@@]1(c2ncc(CNC(=O)COc3cccc(F)c3)cn2)CCCCO1. The van der Waals surface area contributed by atoms with Gasteiger partial charge in [0.15, 0.2) is 12.4 Å². The zero-order chi connectivity index (χ0) is 18.4. The third-order valence-corrected chi connectivity index (χ3v) is 4.30. The third-order valence-electron chi connectivity index (χ3n) is 4.30. The largest absolute Gasteiger partial charge is 0.484 e. The van der Waals surface area contributed by atoms with Crippen LogP contribution in [0.2, 0.25) is 0 Å². The number of ether oxygens (including phenoxy) is 2. The van der Waals surface area contributed by atoms with Crippen molar-refractivity contribution >= 4 is 5.91 Å². The molecule has 1 aromatic heterocycles. The fourth-order valence-electron chi connectivity index (χ4n) is 2.79. The topological polar surface area (TPSA) is 73.3 Å². The summed E-state index contributed by atoms with van der Waals surface area (Å²) in [4.78, 5) is 20.6. The van der Waals surface area contributed by atoms with Crippen LogP contribution in [0, 0.1) is 5.82 Å². The lowest BCUT2D eigenvalue weighted by Crippen LogP contribution is -2.32. The Hall–Kier alpha value is -2.54. The summed E-state index contributed by atoms with van der Waals surface area (Å²) in [5.41, 5.74) is 0.353. The van der Waals surface area contributed by atoms with E-state index >= 15 is 0 Å². The average Bonchev–Trinajstić information content (AvgIpc) is 2.66. The molecule has 138 valence electrons. The Morgan fingerprint density at radius 3 is 2.85 bits per heavy atom. The summed E-state index contributed by atoms with van der Waals surface area (Å²) in [5.74, 6) is 0.270. The van der Waals surface area contributed by atoms with E-state index in [1.54, 1.807) is 18.5 Å². The molecule has 0 aliphatic carbocycles. The first-order valence-corrected chi connectivity index (χ1v) is 8.66. The second kappa shape index (κ2) is 8.23. The highest BCUT2D eigenvalue weighted by atomic mass is 19.1. The molecule has 1 aromatic carbocycles. The van der Waals surface area contributed by atoms with Gasteiger partial charge in [0.2, 0.25) is 0 Å². The molecule has 1 saturated heterocycles. The van der Waals surface area contributed by atoms with Crippen LogP contribution in [0.15, 0.2) is 36.7 Å².